The van der Waals surface area contributed by atoms with Crippen molar-refractivity contribution >= 4 is 27.3 Å². The van der Waals surface area contributed by atoms with E-state index >= 15 is 0 Å². The molecule has 0 aliphatic rings. The van der Waals surface area contributed by atoms with Gasteiger partial charge in [-0.3, -0.25) is 5.43 Å². The van der Waals surface area contributed by atoms with E-state index in [1.165, 1.54) is 6.07 Å². The molecule has 0 aliphatic carbocycles. The number of hydrogen-bond donors (Lipinski definition) is 1. The highest BCUT2D eigenvalue weighted by Gasteiger charge is 2.08. The molecular weight excluding hydrogens is 307 g/mol. The molecule has 0 spiro atoms. The van der Waals surface area contributed by atoms with E-state index < -0.39 is 0 Å². The molecule has 2 aromatic carbocycles. The Morgan fingerprint density at radius 3 is 2.58 bits per heavy atom. The molecule has 0 amide bonds. The quantitative estimate of drug-likeness (QED) is 0.634. The average Bonchev–Trinajstić information content (AvgIpc) is 2.42. The second kappa shape index (κ2) is 6.48. The molecule has 0 bridgehead atoms. The van der Waals surface area contributed by atoms with Gasteiger partial charge in [0, 0.05) is 10.0 Å². The molecule has 0 atom stereocenters. The minimum absolute atomic E-state index is 0.273. The number of nitrogens with one attached hydrogen (secondary N) is 1. The fraction of sp³-hybridized carbons (Fsp3) is 0.133. The Bertz CT molecular complexity index is 582. The van der Waals surface area contributed by atoms with Gasteiger partial charge in [0.05, 0.1) is 11.4 Å². The molecule has 98 valence electrons. The number of hydrazone groups is 1. The van der Waals surface area contributed by atoms with Gasteiger partial charge in [-0.25, -0.2) is 4.39 Å². The molecular formula is C15H14BrFN2. The van der Waals surface area contributed by atoms with Crippen molar-refractivity contribution in [3.63, 3.8) is 0 Å². The Morgan fingerprint density at radius 1 is 1.21 bits per heavy atom. The van der Waals surface area contributed by atoms with E-state index in [9.17, 15) is 4.39 Å². The van der Waals surface area contributed by atoms with Crippen molar-refractivity contribution in [2.45, 2.75) is 13.3 Å². The molecule has 0 fully saturated rings. The van der Waals surface area contributed by atoms with Gasteiger partial charge in [0.1, 0.15) is 5.82 Å². The van der Waals surface area contributed by atoms with Crippen LogP contribution in [-0.2, 0) is 0 Å². The van der Waals surface area contributed by atoms with Crippen molar-refractivity contribution in [2.24, 2.45) is 5.10 Å². The minimum atomic E-state index is -0.273. The largest absolute Gasteiger partial charge is 0.278 e. The summed E-state index contributed by atoms with van der Waals surface area (Å²) in [5, 5.41) is 4.28. The monoisotopic (exact) mass is 320 g/mol. The Hall–Kier alpha value is -1.68. The predicted octanol–water partition coefficient (Wildman–Crippen LogP) is 4.81. The lowest BCUT2D eigenvalue weighted by atomic mass is 10.1. The molecule has 0 heterocycles. The number of halogens is 2. The summed E-state index contributed by atoms with van der Waals surface area (Å²) >= 11 is 3.25. The van der Waals surface area contributed by atoms with Crippen molar-refractivity contribution in [1.82, 2.24) is 0 Å². The standard InChI is InChI=1S/C15H14BrFN2/c1-2-15(13-9-8-11(16)10-14(13)17)19-18-12-6-4-3-5-7-12/h3-10,18H,2H2,1H3. The molecule has 2 aromatic rings. The third-order valence-electron chi connectivity index (χ3n) is 2.67. The number of benzene rings is 2. The van der Waals surface area contributed by atoms with Gasteiger partial charge in [0.15, 0.2) is 0 Å². The maximum atomic E-state index is 13.9. The normalized spacial score (nSPS) is 11.4. The van der Waals surface area contributed by atoms with Crippen LogP contribution in [0.3, 0.4) is 0 Å². The molecule has 2 nitrogen and oxygen atoms in total. The van der Waals surface area contributed by atoms with E-state index in [-0.39, 0.29) is 5.82 Å². The number of rotatable bonds is 4. The maximum Gasteiger partial charge on any atom is 0.133 e. The smallest absolute Gasteiger partial charge is 0.133 e. The van der Waals surface area contributed by atoms with Crippen LogP contribution in [0, 0.1) is 5.82 Å². The SMILES string of the molecule is CCC(=NNc1ccccc1)c1ccc(Br)cc1F. The summed E-state index contributed by atoms with van der Waals surface area (Å²) in [7, 11) is 0. The summed E-state index contributed by atoms with van der Waals surface area (Å²) < 4.78 is 14.6. The van der Waals surface area contributed by atoms with Crippen LogP contribution in [0.1, 0.15) is 18.9 Å². The van der Waals surface area contributed by atoms with Crippen LogP contribution in [-0.4, -0.2) is 5.71 Å². The number of nitrogens with zero attached hydrogens (tertiary/aromatic N) is 1. The summed E-state index contributed by atoms with van der Waals surface area (Å²) in [4.78, 5) is 0. The van der Waals surface area contributed by atoms with E-state index in [1.54, 1.807) is 6.07 Å². The highest BCUT2D eigenvalue weighted by Crippen LogP contribution is 2.17. The van der Waals surface area contributed by atoms with Gasteiger partial charge < -0.3 is 0 Å². The zero-order valence-electron chi connectivity index (χ0n) is 10.5. The Morgan fingerprint density at radius 2 is 1.95 bits per heavy atom. The molecule has 0 saturated heterocycles. The molecule has 2 rings (SSSR count). The van der Waals surface area contributed by atoms with Gasteiger partial charge in [-0.05, 0) is 36.8 Å². The molecule has 0 saturated carbocycles. The third-order valence-corrected chi connectivity index (χ3v) is 3.16. The van der Waals surface area contributed by atoms with Crippen LogP contribution in [0.15, 0.2) is 58.1 Å². The van der Waals surface area contributed by atoms with Crippen LogP contribution < -0.4 is 5.43 Å². The van der Waals surface area contributed by atoms with Gasteiger partial charge in [0.2, 0.25) is 0 Å². The van der Waals surface area contributed by atoms with E-state index in [2.05, 4.69) is 26.5 Å². The lowest BCUT2D eigenvalue weighted by molar-refractivity contribution is 0.624. The second-order valence-corrected chi connectivity index (χ2v) is 4.93. The van der Waals surface area contributed by atoms with Crippen molar-refractivity contribution < 1.29 is 4.39 Å². The number of hydrogen-bond acceptors (Lipinski definition) is 2. The van der Waals surface area contributed by atoms with E-state index in [0.717, 1.165) is 10.2 Å². The summed E-state index contributed by atoms with van der Waals surface area (Å²) in [6, 6.07) is 14.6. The zero-order chi connectivity index (χ0) is 13.7. The molecule has 4 heteroatoms. The fourth-order valence-corrected chi connectivity index (χ4v) is 2.03. The molecule has 0 radical (unpaired) electrons. The van der Waals surface area contributed by atoms with Crippen molar-refractivity contribution in [2.75, 3.05) is 5.43 Å². The Balaban J connectivity index is 2.24. The molecule has 19 heavy (non-hydrogen) atoms. The van der Waals surface area contributed by atoms with Gasteiger partial charge in [-0.15, -0.1) is 0 Å². The first-order valence-electron chi connectivity index (χ1n) is 6.03. The fourth-order valence-electron chi connectivity index (χ4n) is 1.70. The van der Waals surface area contributed by atoms with Gasteiger partial charge in [-0.1, -0.05) is 41.1 Å². The van der Waals surface area contributed by atoms with Crippen LogP contribution >= 0.6 is 15.9 Å². The first-order valence-corrected chi connectivity index (χ1v) is 6.83. The predicted molar refractivity (Wildman–Crippen MR) is 81.0 cm³/mol. The molecule has 0 aliphatic heterocycles. The summed E-state index contributed by atoms with van der Waals surface area (Å²) in [5.74, 6) is -0.273. The highest BCUT2D eigenvalue weighted by atomic mass is 79.9. The molecule has 0 unspecified atom stereocenters. The lowest BCUT2D eigenvalue weighted by Gasteiger charge is -2.07. The van der Waals surface area contributed by atoms with E-state index in [1.807, 2.05) is 43.3 Å². The topological polar surface area (TPSA) is 24.4 Å². The van der Waals surface area contributed by atoms with Crippen molar-refractivity contribution in [3.05, 3.63) is 64.4 Å². The zero-order valence-corrected chi connectivity index (χ0v) is 12.1. The first kappa shape index (κ1) is 13.7. The van der Waals surface area contributed by atoms with Crippen LogP contribution in [0.4, 0.5) is 10.1 Å². The van der Waals surface area contributed by atoms with Crippen molar-refractivity contribution in [1.29, 1.82) is 0 Å². The Kier molecular flexibility index (Phi) is 4.68. The summed E-state index contributed by atoms with van der Waals surface area (Å²) in [6.45, 7) is 1.95. The summed E-state index contributed by atoms with van der Waals surface area (Å²) in [5.41, 5.74) is 5.04. The second-order valence-electron chi connectivity index (χ2n) is 4.01. The molecule has 1 N–H and O–H groups in total. The summed E-state index contributed by atoms with van der Waals surface area (Å²) in [6.07, 6.45) is 0.651. The maximum absolute atomic E-state index is 13.9. The van der Waals surface area contributed by atoms with Gasteiger partial charge in [-0.2, -0.15) is 5.10 Å². The van der Waals surface area contributed by atoms with Gasteiger partial charge in [0.25, 0.3) is 0 Å². The van der Waals surface area contributed by atoms with E-state index in [0.29, 0.717) is 17.7 Å². The number of para-hydroxylation sites is 1. The minimum Gasteiger partial charge on any atom is -0.278 e. The van der Waals surface area contributed by atoms with Crippen molar-refractivity contribution in [3.8, 4) is 0 Å². The number of anilines is 1. The van der Waals surface area contributed by atoms with Crippen LogP contribution in [0.5, 0.6) is 0 Å². The van der Waals surface area contributed by atoms with Crippen LogP contribution in [0.25, 0.3) is 0 Å². The first-order chi connectivity index (χ1) is 9.20. The highest BCUT2D eigenvalue weighted by molar-refractivity contribution is 9.10. The lowest BCUT2D eigenvalue weighted by Crippen LogP contribution is -2.05. The third kappa shape index (κ3) is 3.64. The van der Waals surface area contributed by atoms with Gasteiger partial charge >= 0.3 is 0 Å². The van der Waals surface area contributed by atoms with Crippen LogP contribution in [0.2, 0.25) is 0 Å². The molecule has 0 aromatic heterocycles. The average molecular weight is 321 g/mol. The Labute approximate surface area is 120 Å². The van der Waals surface area contributed by atoms with E-state index in [4.69, 9.17) is 0 Å².